The zero-order valence-corrected chi connectivity index (χ0v) is 9.35. The fourth-order valence-electron chi connectivity index (χ4n) is 1.43. The molecule has 0 aliphatic heterocycles. The lowest BCUT2D eigenvalue weighted by Gasteiger charge is -2.34. The molecule has 0 aliphatic rings. The average molecular weight is 170 g/mol. The van der Waals surface area contributed by atoms with E-state index in [1.807, 2.05) is 0 Å². The summed E-state index contributed by atoms with van der Waals surface area (Å²) in [5.41, 5.74) is 1.44. The quantitative estimate of drug-likeness (QED) is 0.439. The Labute approximate surface area is 77.7 Å². The van der Waals surface area contributed by atoms with E-state index in [0.29, 0.717) is 0 Å². The predicted molar refractivity (Wildman–Crippen MR) is 56.2 cm³/mol. The molecule has 0 bridgehead atoms. The standard InChI is InChI=1S/C11H24N/c1-6-12(7-2,8-3)10-9-11(4)5/h9H,6-8,10H2,1-5H3/q+1. The van der Waals surface area contributed by atoms with Gasteiger partial charge in [0.1, 0.15) is 0 Å². The van der Waals surface area contributed by atoms with E-state index in [9.17, 15) is 0 Å². The van der Waals surface area contributed by atoms with Crippen molar-refractivity contribution in [2.45, 2.75) is 34.6 Å². The summed E-state index contributed by atoms with van der Waals surface area (Å²) in [7, 11) is 0. The third-order valence-electron chi connectivity index (χ3n) is 2.90. The first-order chi connectivity index (χ1) is 5.60. The molecule has 72 valence electrons. The van der Waals surface area contributed by atoms with Crippen molar-refractivity contribution in [2.75, 3.05) is 26.2 Å². The van der Waals surface area contributed by atoms with Gasteiger partial charge >= 0.3 is 0 Å². The van der Waals surface area contributed by atoms with Gasteiger partial charge in [0, 0.05) is 0 Å². The number of rotatable bonds is 5. The Morgan fingerprint density at radius 3 is 1.67 bits per heavy atom. The molecule has 0 saturated carbocycles. The third-order valence-corrected chi connectivity index (χ3v) is 2.90. The minimum atomic E-state index is 1.20. The SMILES string of the molecule is CC[N+](CC)(CC)CC=C(C)C. The van der Waals surface area contributed by atoms with E-state index in [1.54, 1.807) is 0 Å². The molecule has 0 aromatic rings. The first-order valence-electron chi connectivity index (χ1n) is 5.08. The molecule has 0 amide bonds. The van der Waals surface area contributed by atoms with Crippen LogP contribution in [0.15, 0.2) is 11.6 Å². The fourth-order valence-corrected chi connectivity index (χ4v) is 1.43. The Hall–Kier alpha value is -0.300. The summed E-state index contributed by atoms with van der Waals surface area (Å²) in [6, 6.07) is 0. The number of quaternary nitrogens is 1. The van der Waals surface area contributed by atoms with Crippen LogP contribution in [0.4, 0.5) is 0 Å². The molecule has 0 fully saturated rings. The molecule has 0 spiro atoms. The average Bonchev–Trinajstić information content (AvgIpc) is 2.08. The van der Waals surface area contributed by atoms with Gasteiger partial charge in [-0.25, -0.2) is 0 Å². The second-order valence-corrected chi connectivity index (χ2v) is 3.75. The molecule has 0 N–H and O–H groups in total. The molecule has 1 nitrogen and oxygen atoms in total. The number of hydrogen-bond acceptors (Lipinski definition) is 0. The van der Waals surface area contributed by atoms with Crippen LogP contribution >= 0.6 is 0 Å². The second-order valence-electron chi connectivity index (χ2n) is 3.75. The summed E-state index contributed by atoms with van der Waals surface area (Å²) in [6.45, 7) is 16.1. The number of nitrogens with zero attached hydrogens (tertiary/aromatic N) is 1. The van der Waals surface area contributed by atoms with E-state index >= 15 is 0 Å². The molecule has 0 radical (unpaired) electrons. The van der Waals surface area contributed by atoms with Crippen molar-refractivity contribution < 1.29 is 4.48 Å². The van der Waals surface area contributed by atoms with Crippen LogP contribution in [0.25, 0.3) is 0 Å². The van der Waals surface area contributed by atoms with Gasteiger partial charge in [-0.1, -0.05) is 5.57 Å². The Morgan fingerprint density at radius 2 is 1.42 bits per heavy atom. The first-order valence-corrected chi connectivity index (χ1v) is 5.08. The van der Waals surface area contributed by atoms with Gasteiger partial charge in [0.2, 0.25) is 0 Å². The van der Waals surface area contributed by atoms with Crippen LogP contribution in [0.5, 0.6) is 0 Å². The predicted octanol–water partition coefficient (Wildman–Crippen LogP) is 2.83. The maximum atomic E-state index is 2.36. The highest BCUT2D eigenvalue weighted by Gasteiger charge is 2.17. The molecule has 0 atom stereocenters. The third kappa shape index (κ3) is 3.40. The summed E-state index contributed by atoms with van der Waals surface area (Å²) < 4.78 is 1.23. The van der Waals surface area contributed by atoms with Gasteiger partial charge < -0.3 is 4.48 Å². The minimum absolute atomic E-state index is 1.20. The van der Waals surface area contributed by atoms with E-state index in [2.05, 4.69) is 40.7 Å². The number of allylic oxidation sites excluding steroid dienone is 1. The highest BCUT2D eigenvalue weighted by molar-refractivity contribution is 4.92. The van der Waals surface area contributed by atoms with Crippen LogP contribution in [-0.2, 0) is 0 Å². The van der Waals surface area contributed by atoms with Crippen LogP contribution in [0.1, 0.15) is 34.6 Å². The molecular weight excluding hydrogens is 146 g/mol. The summed E-state index contributed by atoms with van der Waals surface area (Å²) in [5.74, 6) is 0. The first kappa shape index (κ1) is 11.7. The molecule has 0 aromatic heterocycles. The van der Waals surface area contributed by atoms with Gasteiger partial charge in [-0.05, 0) is 40.7 Å². The molecule has 0 aliphatic carbocycles. The largest absolute Gasteiger partial charge is 0.321 e. The normalized spacial score (nSPS) is 11.4. The molecule has 0 saturated heterocycles. The molecule has 1 heteroatoms. The monoisotopic (exact) mass is 170 g/mol. The van der Waals surface area contributed by atoms with Crippen molar-refractivity contribution in [3.8, 4) is 0 Å². The Bertz CT molecular complexity index is 131. The number of hydrogen-bond donors (Lipinski definition) is 0. The molecule has 0 aromatic carbocycles. The topological polar surface area (TPSA) is 0 Å². The molecule has 0 rings (SSSR count). The maximum Gasteiger partial charge on any atom is 0.0975 e. The van der Waals surface area contributed by atoms with Crippen molar-refractivity contribution in [3.05, 3.63) is 11.6 Å². The van der Waals surface area contributed by atoms with Gasteiger partial charge in [-0.3, -0.25) is 0 Å². The lowest BCUT2D eigenvalue weighted by molar-refractivity contribution is -0.917. The lowest BCUT2D eigenvalue weighted by atomic mass is 10.2. The van der Waals surface area contributed by atoms with E-state index in [4.69, 9.17) is 0 Å². The minimum Gasteiger partial charge on any atom is -0.321 e. The Kier molecular flexibility index (Phi) is 5.23. The smallest absolute Gasteiger partial charge is 0.0975 e. The highest BCUT2D eigenvalue weighted by Crippen LogP contribution is 2.06. The number of likely N-dealkylation sites (N-methyl/N-ethyl adjacent to an activating group) is 1. The summed E-state index contributed by atoms with van der Waals surface area (Å²) in [6.07, 6.45) is 2.36. The van der Waals surface area contributed by atoms with Crippen LogP contribution in [0, 0.1) is 0 Å². The molecule has 0 heterocycles. The summed E-state index contributed by atoms with van der Waals surface area (Å²) in [4.78, 5) is 0. The van der Waals surface area contributed by atoms with Gasteiger partial charge in [0.05, 0.1) is 26.2 Å². The zero-order chi connectivity index (χ0) is 9.61. The van der Waals surface area contributed by atoms with E-state index in [-0.39, 0.29) is 0 Å². The van der Waals surface area contributed by atoms with Gasteiger partial charge in [-0.15, -0.1) is 0 Å². The van der Waals surface area contributed by atoms with Crippen molar-refractivity contribution in [1.82, 2.24) is 0 Å². The van der Waals surface area contributed by atoms with Crippen LogP contribution in [-0.4, -0.2) is 30.7 Å². The highest BCUT2D eigenvalue weighted by atomic mass is 15.3. The molecular formula is C11H24N+. The summed E-state index contributed by atoms with van der Waals surface area (Å²) >= 11 is 0. The van der Waals surface area contributed by atoms with Crippen molar-refractivity contribution >= 4 is 0 Å². The van der Waals surface area contributed by atoms with Crippen molar-refractivity contribution in [3.63, 3.8) is 0 Å². The van der Waals surface area contributed by atoms with Gasteiger partial charge in [-0.2, -0.15) is 0 Å². The lowest BCUT2D eigenvalue weighted by Crippen LogP contribution is -2.47. The second kappa shape index (κ2) is 5.36. The fraction of sp³-hybridized carbons (Fsp3) is 0.818. The summed E-state index contributed by atoms with van der Waals surface area (Å²) in [5, 5.41) is 0. The van der Waals surface area contributed by atoms with Crippen LogP contribution in [0.3, 0.4) is 0 Å². The van der Waals surface area contributed by atoms with E-state index in [0.717, 1.165) is 0 Å². The van der Waals surface area contributed by atoms with Gasteiger partial charge in [0.15, 0.2) is 0 Å². The Balaban J connectivity index is 4.20. The Morgan fingerprint density at radius 1 is 1.00 bits per heavy atom. The van der Waals surface area contributed by atoms with Gasteiger partial charge in [0.25, 0.3) is 0 Å². The van der Waals surface area contributed by atoms with Crippen molar-refractivity contribution in [1.29, 1.82) is 0 Å². The van der Waals surface area contributed by atoms with Crippen LogP contribution in [0.2, 0.25) is 0 Å². The van der Waals surface area contributed by atoms with Crippen LogP contribution < -0.4 is 0 Å². The maximum absolute atomic E-state index is 2.36. The van der Waals surface area contributed by atoms with E-state index < -0.39 is 0 Å². The molecule has 12 heavy (non-hydrogen) atoms. The zero-order valence-electron chi connectivity index (χ0n) is 9.35. The van der Waals surface area contributed by atoms with Crippen molar-refractivity contribution in [2.24, 2.45) is 0 Å². The van der Waals surface area contributed by atoms with E-state index in [1.165, 1.54) is 36.2 Å². The molecule has 0 unspecified atom stereocenters.